The SMILES string of the molecule is CN[C@H]1CN(C(c2ccccc2)(c2ccccc2)c2ccccc2)CC[C@H]1C.Cc1ccc(S(=O)(=O)n2ccc3c(Cl)nc(Cl)nc32)cc1.Cc1ccc(S(=O)(=O)n2ccc3c(N(C)[C@H]4CN(C(c5ccccc5)(c5ccccc5)c5ccccc5)CC[C@H]4C)nc(Cl)nc32)cc1. The summed E-state index contributed by atoms with van der Waals surface area (Å²) in [6.45, 7) is 12.2. The van der Waals surface area contributed by atoms with Gasteiger partial charge in [0.25, 0.3) is 20.0 Å². The first-order valence-electron chi connectivity index (χ1n) is 32.5. The van der Waals surface area contributed by atoms with Gasteiger partial charge in [0, 0.05) is 57.7 Å². The Bertz CT molecular complexity index is 4680. The van der Waals surface area contributed by atoms with Gasteiger partial charge in [0.05, 0.1) is 31.6 Å². The van der Waals surface area contributed by atoms with E-state index in [9.17, 15) is 16.8 Å². The van der Waals surface area contributed by atoms with Crippen LogP contribution in [0.2, 0.25) is 15.7 Å². The van der Waals surface area contributed by atoms with Crippen LogP contribution in [0.15, 0.2) is 265 Å². The van der Waals surface area contributed by atoms with Crippen molar-refractivity contribution in [1.82, 2.24) is 43.0 Å². The lowest BCUT2D eigenvalue weighted by atomic mass is 9.74. The molecule has 496 valence electrons. The van der Waals surface area contributed by atoms with E-state index in [4.69, 9.17) is 39.8 Å². The van der Waals surface area contributed by atoms with Gasteiger partial charge in [-0.3, -0.25) is 9.80 Å². The van der Waals surface area contributed by atoms with Gasteiger partial charge >= 0.3 is 0 Å². The molecule has 1 N–H and O–H groups in total. The standard InChI is InChI=1S/C39H38ClN5O2S.C26H30N2.C13H9Cl2N3O2S/c1-28-19-21-33(22-20-28)48(46,47)45-26-24-34-36(41-38(40)42-37(34)45)43(3)35-27-44(25-23-29(35)2)39(30-13-7-4-8-14-30,31-15-9-5-10-16-31)32-17-11-6-12-18-32;1-21-18-19-28(20-25(21)27-2)26(22-12-6-3-7-13-22,23-14-8-4-9-15-23)24-16-10-5-11-17-24;1-8-2-4-9(5-3-8)21(19,20)18-7-6-10-11(14)16-13(15)17-12(10)18/h4-22,24,26,29,35H,23,25,27H2,1-3H3;3-17,21,25,27H,18-20H2,1-2H3;2-7H,1H3/t29-,35+;21-,25+;/m11./s1. The van der Waals surface area contributed by atoms with Crippen LogP contribution in [0.25, 0.3) is 22.1 Å². The Balaban J connectivity index is 0.000000154. The molecule has 0 spiro atoms. The molecule has 2 aliphatic rings. The lowest BCUT2D eigenvalue weighted by Crippen LogP contribution is -2.58. The van der Waals surface area contributed by atoms with Crippen LogP contribution in [0.4, 0.5) is 5.82 Å². The number of nitrogens with zero attached hydrogens (tertiary/aromatic N) is 9. The second-order valence-corrected chi connectivity index (χ2v) is 29.7. The zero-order valence-corrected chi connectivity index (χ0v) is 58.8. The lowest BCUT2D eigenvalue weighted by Gasteiger charge is -2.52. The van der Waals surface area contributed by atoms with Crippen molar-refractivity contribution in [1.29, 1.82) is 0 Å². The molecule has 4 aromatic heterocycles. The molecule has 0 saturated carbocycles. The molecular weight excluding hydrogens is 1310 g/mol. The van der Waals surface area contributed by atoms with Crippen LogP contribution in [-0.2, 0) is 31.1 Å². The highest BCUT2D eigenvalue weighted by Gasteiger charge is 2.47. The summed E-state index contributed by atoms with van der Waals surface area (Å²) >= 11 is 18.3. The number of aromatic nitrogens is 6. The van der Waals surface area contributed by atoms with Gasteiger partial charge in [-0.25, -0.2) is 29.8 Å². The molecule has 0 amide bonds. The number of benzene rings is 8. The van der Waals surface area contributed by atoms with Gasteiger partial charge in [-0.05, 0) is 139 Å². The number of piperidine rings is 2. The second kappa shape index (κ2) is 29.3. The number of nitrogens with one attached hydrogen (secondary N) is 1. The molecule has 0 aliphatic carbocycles. The fourth-order valence-electron chi connectivity index (χ4n) is 14.1. The summed E-state index contributed by atoms with van der Waals surface area (Å²) in [5.74, 6) is 1.60. The highest BCUT2D eigenvalue weighted by molar-refractivity contribution is 7.90. The number of likely N-dealkylation sites (tertiary alicyclic amines) is 2. The molecule has 2 aliphatic heterocycles. The van der Waals surface area contributed by atoms with E-state index in [0.717, 1.165) is 47.7 Å². The van der Waals surface area contributed by atoms with E-state index >= 15 is 0 Å². The van der Waals surface area contributed by atoms with Crippen molar-refractivity contribution >= 4 is 82.7 Å². The summed E-state index contributed by atoms with van der Waals surface area (Å²) in [6.07, 6.45) is 5.08. The fourth-order valence-corrected chi connectivity index (χ4v) is 17.3. The second-order valence-electron chi connectivity index (χ2n) is 25.0. The largest absolute Gasteiger partial charge is 0.354 e. The maximum absolute atomic E-state index is 13.8. The third kappa shape index (κ3) is 13.5. The Morgan fingerprint density at radius 3 is 1.16 bits per heavy atom. The molecular formula is C78H77Cl3N10O4S2. The maximum Gasteiger partial charge on any atom is 0.269 e. The Labute approximate surface area is 584 Å². The maximum atomic E-state index is 13.8. The molecule has 2 fully saturated rings. The Morgan fingerprint density at radius 2 is 0.784 bits per heavy atom. The van der Waals surface area contributed by atoms with Gasteiger partial charge in [-0.1, -0.05) is 243 Å². The van der Waals surface area contributed by atoms with Gasteiger partial charge in [0.1, 0.15) is 11.0 Å². The first-order valence-corrected chi connectivity index (χ1v) is 36.5. The molecule has 8 aromatic carbocycles. The van der Waals surface area contributed by atoms with Crippen molar-refractivity contribution in [2.24, 2.45) is 11.8 Å². The van der Waals surface area contributed by atoms with Crippen molar-refractivity contribution in [2.45, 2.75) is 73.5 Å². The summed E-state index contributed by atoms with van der Waals surface area (Å²) in [7, 11) is -3.55. The first kappa shape index (κ1) is 68.4. The van der Waals surface area contributed by atoms with E-state index in [-0.39, 0.29) is 48.4 Å². The molecule has 97 heavy (non-hydrogen) atoms. The van der Waals surface area contributed by atoms with Crippen LogP contribution in [0.1, 0.15) is 71.2 Å². The molecule has 0 bridgehead atoms. The van der Waals surface area contributed by atoms with Crippen molar-refractivity contribution < 1.29 is 16.8 Å². The predicted octanol–water partition coefficient (Wildman–Crippen LogP) is 16.0. The smallest absolute Gasteiger partial charge is 0.269 e. The van der Waals surface area contributed by atoms with Crippen molar-refractivity contribution in [2.75, 3.05) is 45.2 Å². The summed E-state index contributed by atoms with van der Waals surface area (Å²) in [5.41, 5.74) is 9.10. The van der Waals surface area contributed by atoms with Crippen molar-refractivity contribution in [3.8, 4) is 0 Å². The third-order valence-electron chi connectivity index (χ3n) is 19.2. The van der Waals surface area contributed by atoms with E-state index in [2.05, 4.69) is 238 Å². The number of aryl methyl sites for hydroxylation is 2. The number of anilines is 1. The minimum Gasteiger partial charge on any atom is -0.354 e. The topological polar surface area (TPSA) is 151 Å². The van der Waals surface area contributed by atoms with Gasteiger partial charge in [0.15, 0.2) is 11.3 Å². The summed E-state index contributed by atoms with van der Waals surface area (Å²) in [5, 5.41) is 4.63. The van der Waals surface area contributed by atoms with Crippen LogP contribution in [0.5, 0.6) is 0 Å². The zero-order valence-electron chi connectivity index (χ0n) is 54.9. The molecule has 4 atom stereocenters. The quantitative estimate of drug-likeness (QED) is 0.0591. The van der Waals surface area contributed by atoms with E-state index < -0.39 is 25.6 Å². The number of fused-ring (bicyclic) bond motifs is 2. The molecule has 0 unspecified atom stereocenters. The van der Waals surface area contributed by atoms with Gasteiger partial charge in [-0.2, -0.15) is 15.0 Å². The van der Waals surface area contributed by atoms with Crippen LogP contribution in [-0.4, -0.2) is 107 Å². The number of likely N-dealkylation sites (N-methyl/N-ethyl adjacent to an activating group) is 2. The Morgan fingerprint density at radius 1 is 0.443 bits per heavy atom. The highest BCUT2D eigenvalue weighted by atomic mass is 35.5. The van der Waals surface area contributed by atoms with Gasteiger partial charge < -0.3 is 10.2 Å². The van der Waals surface area contributed by atoms with Gasteiger partial charge in [0.2, 0.25) is 10.6 Å². The van der Waals surface area contributed by atoms with Crippen LogP contribution >= 0.6 is 34.8 Å². The minimum atomic E-state index is -3.91. The van der Waals surface area contributed by atoms with Crippen LogP contribution in [0, 0.1) is 25.7 Å². The number of hydrogen-bond donors (Lipinski definition) is 1. The Hall–Kier alpha value is -8.55. The molecule has 14 rings (SSSR count). The monoisotopic (exact) mass is 1390 g/mol. The zero-order chi connectivity index (χ0) is 68.1. The van der Waals surface area contributed by atoms with E-state index in [1.165, 1.54) is 50.0 Å². The fraction of sp³-hybridized carbons (Fsp3) is 0.231. The average Bonchev–Trinajstić information content (AvgIpc) is 1.46. The minimum absolute atomic E-state index is 0.00377. The average molecular weight is 1390 g/mol. The van der Waals surface area contributed by atoms with Crippen molar-refractivity contribution in [3.05, 3.63) is 315 Å². The number of hydrogen-bond acceptors (Lipinski definition) is 12. The molecule has 14 nitrogen and oxygen atoms in total. The highest BCUT2D eigenvalue weighted by Crippen LogP contribution is 2.47. The number of rotatable bonds is 15. The lowest BCUT2D eigenvalue weighted by molar-refractivity contribution is 0.0818. The normalized spacial score (nSPS) is 17.2. The molecule has 19 heteroatoms. The van der Waals surface area contributed by atoms with E-state index in [1.54, 1.807) is 66.9 Å². The number of halogens is 3. The molecule has 0 radical (unpaired) electrons. The van der Waals surface area contributed by atoms with E-state index in [1.807, 2.05) is 20.9 Å². The summed E-state index contributed by atoms with van der Waals surface area (Å²) in [6, 6.07) is 82.4. The first-order chi connectivity index (χ1) is 46.9. The van der Waals surface area contributed by atoms with E-state index in [0.29, 0.717) is 34.5 Å². The van der Waals surface area contributed by atoms with Crippen LogP contribution < -0.4 is 10.2 Å². The van der Waals surface area contributed by atoms with Gasteiger partial charge in [-0.15, -0.1) is 0 Å². The summed E-state index contributed by atoms with van der Waals surface area (Å²) < 4.78 is 55.1. The third-order valence-corrected chi connectivity index (χ3v) is 23.2. The molecule has 2 saturated heterocycles. The van der Waals surface area contributed by atoms with Crippen molar-refractivity contribution in [3.63, 3.8) is 0 Å². The summed E-state index contributed by atoms with van der Waals surface area (Å²) in [4.78, 5) is 24.7. The Kier molecular flexibility index (Phi) is 20.6. The molecule has 12 aromatic rings. The molecule has 6 heterocycles. The predicted molar refractivity (Wildman–Crippen MR) is 392 cm³/mol. The van der Waals surface area contributed by atoms with Crippen LogP contribution in [0.3, 0.4) is 0 Å².